The van der Waals surface area contributed by atoms with Crippen LogP contribution >= 0.6 is 0 Å². The number of hydrogen-bond acceptors (Lipinski definition) is 4. The second-order valence-corrected chi connectivity index (χ2v) is 12.6. The van der Waals surface area contributed by atoms with Crippen molar-refractivity contribution in [2.75, 3.05) is 14.2 Å². The number of benzene rings is 4. The topological polar surface area (TPSA) is 75.8 Å². The number of aromatic amines is 2. The lowest BCUT2D eigenvalue weighted by atomic mass is 10.0. The first-order chi connectivity index (χ1) is 25.7. The van der Waals surface area contributed by atoms with Gasteiger partial charge >= 0.3 is 0 Å². The van der Waals surface area contributed by atoms with Crippen LogP contribution in [0.1, 0.15) is 22.8 Å². The third-order valence-corrected chi connectivity index (χ3v) is 9.62. The summed E-state index contributed by atoms with van der Waals surface area (Å²) in [6.07, 6.45) is 8.40. The Bertz CT molecular complexity index is 2630. The van der Waals surface area contributed by atoms with Crippen LogP contribution in [0.4, 0.5) is 0 Å². The molecule has 0 atom stereocenters. The van der Waals surface area contributed by atoms with E-state index >= 15 is 0 Å². The summed E-state index contributed by atoms with van der Waals surface area (Å²) >= 11 is 0. The summed E-state index contributed by atoms with van der Waals surface area (Å²) in [5.74, 6) is 1.37. The van der Waals surface area contributed by atoms with E-state index in [1.165, 1.54) is 0 Å². The maximum atomic E-state index is 5.97. The van der Waals surface area contributed by atoms with Gasteiger partial charge in [-0.1, -0.05) is 97.1 Å². The lowest BCUT2D eigenvalue weighted by Crippen LogP contribution is -1.95. The maximum absolute atomic E-state index is 5.97. The number of rotatable bonds is 6. The molecule has 8 bridgehead atoms. The Kier molecular flexibility index (Phi) is 7.82. The van der Waals surface area contributed by atoms with Gasteiger partial charge in [-0.15, -0.1) is 0 Å². The van der Waals surface area contributed by atoms with Gasteiger partial charge in [0.15, 0.2) is 0 Å². The Labute approximate surface area is 301 Å². The van der Waals surface area contributed by atoms with E-state index < -0.39 is 0 Å². The molecule has 7 aromatic rings. The van der Waals surface area contributed by atoms with E-state index in [1.807, 2.05) is 36.4 Å². The quantitative estimate of drug-likeness (QED) is 0.184. The van der Waals surface area contributed by atoms with Crippen LogP contribution in [0.25, 0.3) is 90.9 Å². The predicted octanol–water partition coefficient (Wildman–Crippen LogP) is 11.3. The third kappa shape index (κ3) is 5.38. The lowest BCUT2D eigenvalue weighted by Gasteiger charge is -2.14. The molecule has 6 nitrogen and oxygen atoms in total. The molecule has 0 amide bonds. The van der Waals surface area contributed by atoms with Gasteiger partial charge in [-0.2, -0.15) is 0 Å². The molecule has 3 aromatic heterocycles. The monoisotopic (exact) mass is 674 g/mol. The summed E-state index contributed by atoms with van der Waals surface area (Å²) in [6.45, 7) is 0. The second-order valence-electron chi connectivity index (χ2n) is 12.6. The summed E-state index contributed by atoms with van der Waals surface area (Å²) in [5.41, 5.74) is 14.9. The number of nitrogens with one attached hydrogen (secondary N) is 2. The molecule has 0 spiro atoms. The van der Waals surface area contributed by atoms with Crippen LogP contribution in [0, 0.1) is 0 Å². The molecule has 0 saturated heterocycles. The summed E-state index contributed by atoms with van der Waals surface area (Å²) in [6, 6.07) is 45.6. The molecule has 4 aromatic carbocycles. The van der Waals surface area contributed by atoms with Crippen molar-refractivity contribution in [3.8, 4) is 56.0 Å². The zero-order valence-corrected chi connectivity index (χ0v) is 28.7. The minimum Gasteiger partial charge on any atom is -0.496 e. The molecule has 250 valence electrons. The fourth-order valence-corrected chi connectivity index (χ4v) is 7.29. The highest BCUT2D eigenvalue weighted by Gasteiger charge is 2.22. The largest absolute Gasteiger partial charge is 0.496 e. The fourth-order valence-electron chi connectivity index (χ4n) is 7.29. The van der Waals surface area contributed by atoms with Gasteiger partial charge in [-0.25, -0.2) is 9.97 Å². The third-order valence-electron chi connectivity index (χ3n) is 9.62. The summed E-state index contributed by atoms with van der Waals surface area (Å²) < 4.78 is 11.9. The normalized spacial score (nSPS) is 11.9. The molecule has 5 heterocycles. The molecule has 2 aliphatic heterocycles. The number of fused-ring (bicyclic) bond motifs is 8. The first-order valence-corrected chi connectivity index (χ1v) is 17.2. The Morgan fingerprint density at radius 1 is 0.346 bits per heavy atom. The zero-order valence-electron chi connectivity index (χ0n) is 28.7. The minimum absolute atomic E-state index is 0.685. The summed E-state index contributed by atoms with van der Waals surface area (Å²) in [4.78, 5) is 18.3. The molecule has 9 rings (SSSR count). The van der Waals surface area contributed by atoms with Gasteiger partial charge in [-0.05, 0) is 77.4 Å². The van der Waals surface area contributed by atoms with Crippen LogP contribution in [0.5, 0.6) is 11.5 Å². The van der Waals surface area contributed by atoms with Crippen molar-refractivity contribution in [3.63, 3.8) is 0 Å². The number of H-pyrrole nitrogens is 2. The van der Waals surface area contributed by atoms with E-state index in [0.29, 0.717) is 11.5 Å². The average Bonchev–Trinajstić information content (AvgIpc) is 4.04. The Balaban J connectivity index is 1.50. The van der Waals surface area contributed by atoms with E-state index in [-0.39, 0.29) is 0 Å². The van der Waals surface area contributed by atoms with Crippen molar-refractivity contribution in [2.45, 2.75) is 0 Å². The van der Waals surface area contributed by atoms with Gasteiger partial charge < -0.3 is 19.4 Å². The van der Waals surface area contributed by atoms with E-state index in [9.17, 15) is 0 Å². The summed E-state index contributed by atoms with van der Waals surface area (Å²) in [5, 5.41) is 0. The molecular weight excluding hydrogens is 641 g/mol. The van der Waals surface area contributed by atoms with Crippen molar-refractivity contribution < 1.29 is 9.47 Å². The predicted molar refractivity (Wildman–Crippen MR) is 214 cm³/mol. The van der Waals surface area contributed by atoms with Crippen LogP contribution in [0.3, 0.4) is 0 Å². The highest BCUT2D eigenvalue weighted by molar-refractivity contribution is 6.01. The van der Waals surface area contributed by atoms with Gasteiger partial charge in [0.25, 0.3) is 0 Å². The van der Waals surface area contributed by atoms with Crippen LogP contribution in [-0.2, 0) is 0 Å². The first-order valence-electron chi connectivity index (χ1n) is 17.2. The number of aromatic nitrogens is 4. The molecule has 52 heavy (non-hydrogen) atoms. The first kappa shape index (κ1) is 31.1. The zero-order chi connectivity index (χ0) is 35.0. The number of ether oxygens (including phenoxy) is 2. The standard InChI is InChI=1S/C46H34N4O2/c1-51-40-19-12-20-41(52-2)46(40)45-38-27-25-36(49-38)43(30-15-8-4-9-16-30)34-23-21-32(47-34)42(29-13-6-3-7-14-29)33-22-24-35(48-33)44(31-17-10-5-11-18-31)37-26-28-39(45)50-37/h3-28,47,50H,1-2H3. The van der Waals surface area contributed by atoms with Crippen molar-refractivity contribution >= 4 is 46.4 Å². The van der Waals surface area contributed by atoms with Gasteiger partial charge in [0.05, 0.1) is 42.6 Å². The second kappa shape index (κ2) is 13.1. The fraction of sp³-hybridized carbons (Fsp3) is 0.0435. The summed E-state index contributed by atoms with van der Waals surface area (Å²) in [7, 11) is 3.37. The number of hydrogen-bond donors (Lipinski definition) is 2. The van der Waals surface area contributed by atoms with Crippen molar-refractivity contribution in [2.24, 2.45) is 0 Å². The Morgan fingerprint density at radius 2 is 0.673 bits per heavy atom. The molecular formula is C46H34N4O2. The molecule has 0 radical (unpaired) electrons. The maximum Gasteiger partial charge on any atom is 0.130 e. The van der Waals surface area contributed by atoms with Gasteiger partial charge in [0.1, 0.15) is 11.5 Å². The lowest BCUT2D eigenvalue weighted by molar-refractivity contribution is 0.397. The molecule has 0 aliphatic carbocycles. The highest BCUT2D eigenvalue weighted by Crippen LogP contribution is 2.44. The van der Waals surface area contributed by atoms with E-state index in [0.717, 1.165) is 89.4 Å². The van der Waals surface area contributed by atoms with Crippen LogP contribution in [0.2, 0.25) is 0 Å². The highest BCUT2D eigenvalue weighted by atomic mass is 16.5. The van der Waals surface area contributed by atoms with Crippen molar-refractivity contribution in [1.82, 2.24) is 19.9 Å². The molecule has 0 saturated carbocycles. The van der Waals surface area contributed by atoms with Gasteiger partial charge in [0, 0.05) is 44.3 Å². The molecule has 2 N–H and O–H groups in total. The molecule has 2 aliphatic rings. The average molecular weight is 675 g/mol. The van der Waals surface area contributed by atoms with Crippen LogP contribution in [-0.4, -0.2) is 34.2 Å². The van der Waals surface area contributed by atoms with Gasteiger partial charge in [0.2, 0.25) is 0 Å². The minimum atomic E-state index is 0.685. The van der Waals surface area contributed by atoms with Crippen molar-refractivity contribution in [3.05, 3.63) is 156 Å². The molecule has 6 heteroatoms. The number of methoxy groups -OCH3 is 2. The SMILES string of the molecule is COc1cccc(OC)c1-c1c2nc(c(-c3ccccc3)c3ccc([nH]3)c(-c3ccccc3)c3nc(c(-c4ccccc4)c4ccc1[nH]4)C=C3)C=C2. The smallest absolute Gasteiger partial charge is 0.130 e. The Morgan fingerprint density at radius 3 is 1.02 bits per heavy atom. The van der Waals surface area contributed by atoms with Crippen LogP contribution < -0.4 is 9.47 Å². The Hall–Kier alpha value is -6.92. The molecule has 0 fully saturated rings. The van der Waals surface area contributed by atoms with E-state index in [2.05, 4.69) is 131 Å². The van der Waals surface area contributed by atoms with Crippen molar-refractivity contribution in [1.29, 1.82) is 0 Å². The van der Waals surface area contributed by atoms with Crippen LogP contribution in [0.15, 0.2) is 133 Å². The van der Waals surface area contributed by atoms with E-state index in [1.54, 1.807) is 14.2 Å². The molecule has 0 unspecified atom stereocenters. The number of nitrogens with zero attached hydrogens (tertiary/aromatic N) is 2. The van der Waals surface area contributed by atoms with Gasteiger partial charge in [-0.3, -0.25) is 0 Å². The van der Waals surface area contributed by atoms with E-state index in [4.69, 9.17) is 19.4 Å².